The van der Waals surface area contributed by atoms with Gasteiger partial charge in [0, 0.05) is 22.6 Å². The molecular formula is C29H24ClN3O5. The largest absolute Gasteiger partial charge is 0.507 e. The summed E-state index contributed by atoms with van der Waals surface area (Å²) < 4.78 is 11.9. The number of rotatable bonds is 6. The average Bonchev–Trinajstić information content (AvgIpc) is 3.27. The average molecular weight is 530 g/mol. The molecule has 0 bridgehead atoms. The summed E-state index contributed by atoms with van der Waals surface area (Å²) >= 11 is 6.20. The summed E-state index contributed by atoms with van der Waals surface area (Å²) in [4.78, 5) is 25.8. The minimum atomic E-state index is -0.534. The molecule has 9 heteroatoms. The molecule has 8 nitrogen and oxygen atoms in total. The molecule has 0 saturated carbocycles. The molecule has 3 aromatic carbocycles. The van der Waals surface area contributed by atoms with E-state index in [0.29, 0.717) is 57.6 Å². The van der Waals surface area contributed by atoms with Crippen LogP contribution >= 0.6 is 11.6 Å². The lowest BCUT2D eigenvalue weighted by Crippen LogP contribution is -2.22. The molecule has 0 saturated heterocycles. The van der Waals surface area contributed by atoms with Crippen molar-refractivity contribution in [3.05, 3.63) is 106 Å². The van der Waals surface area contributed by atoms with Crippen molar-refractivity contribution in [1.29, 1.82) is 0 Å². The molecule has 4 aromatic rings. The van der Waals surface area contributed by atoms with Gasteiger partial charge in [-0.15, -0.1) is 0 Å². The van der Waals surface area contributed by atoms with E-state index in [-0.39, 0.29) is 17.1 Å². The predicted molar refractivity (Wildman–Crippen MR) is 144 cm³/mol. The number of nitrogens with one attached hydrogen (secondary N) is 2. The van der Waals surface area contributed by atoms with Gasteiger partial charge in [-0.3, -0.25) is 9.59 Å². The van der Waals surface area contributed by atoms with Crippen LogP contribution in [-0.2, 0) is 6.42 Å². The quantitative estimate of drug-likeness (QED) is 0.248. The highest BCUT2D eigenvalue weighted by Gasteiger charge is 2.28. The number of anilines is 1. The summed E-state index contributed by atoms with van der Waals surface area (Å²) in [6.45, 7) is 1.78. The standard InChI is InChI=1S/C29H24ClN3O5/c1-17-26-21(32-33-28(35)20-10-5-6-12-23(20)34)11-7-13-25(26)38-27(17)29(36)31-22-16-18(30)14-15-24(22)37-19-8-3-2-4-9-19/h2-6,8-10,12,14-16,34H,7,11,13H2,1H3,(H,31,36)(H,33,35)/b32-21+. The molecule has 0 unspecified atom stereocenters. The second-order valence-electron chi connectivity index (χ2n) is 8.73. The molecule has 1 heterocycles. The topological polar surface area (TPSA) is 113 Å². The SMILES string of the molecule is Cc1c(C(=O)Nc2cc(Cl)ccc2Oc2ccccc2)oc2c1/C(=N/NC(=O)c1ccccc1O)CCC2. The number of hydrazone groups is 1. The van der Waals surface area contributed by atoms with Crippen LogP contribution in [0.1, 0.15) is 50.6 Å². The van der Waals surface area contributed by atoms with Crippen LogP contribution in [0, 0.1) is 6.92 Å². The van der Waals surface area contributed by atoms with E-state index in [1.807, 2.05) is 30.3 Å². The molecule has 0 spiro atoms. The Labute approximate surface area is 223 Å². The minimum absolute atomic E-state index is 0.118. The zero-order valence-electron chi connectivity index (χ0n) is 20.5. The van der Waals surface area contributed by atoms with Crippen molar-refractivity contribution in [2.75, 3.05) is 5.32 Å². The monoisotopic (exact) mass is 529 g/mol. The van der Waals surface area contributed by atoms with Crippen LogP contribution in [0.2, 0.25) is 5.02 Å². The molecule has 0 fully saturated rings. The number of phenols is 1. The number of furan rings is 1. The molecule has 3 N–H and O–H groups in total. The van der Waals surface area contributed by atoms with Crippen molar-refractivity contribution >= 4 is 34.8 Å². The van der Waals surface area contributed by atoms with Gasteiger partial charge in [-0.05, 0) is 62.2 Å². The number of nitrogens with zero attached hydrogens (tertiary/aromatic N) is 1. The first kappa shape index (κ1) is 25.1. The van der Waals surface area contributed by atoms with Crippen LogP contribution in [0.4, 0.5) is 5.69 Å². The molecule has 1 aliphatic carbocycles. The Morgan fingerprint density at radius 1 is 1.00 bits per heavy atom. The lowest BCUT2D eigenvalue weighted by molar-refractivity contribution is 0.0950. The summed E-state index contributed by atoms with van der Waals surface area (Å²) in [7, 11) is 0. The zero-order valence-corrected chi connectivity index (χ0v) is 21.2. The van der Waals surface area contributed by atoms with Crippen LogP contribution in [-0.4, -0.2) is 22.6 Å². The maximum atomic E-state index is 13.3. The summed E-state index contributed by atoms with van der Waals surface area (Å²) in [5.74, 6) is 0.676. The Balaban J connectivity index is 1.39. The first-order valence-corrected chi connectivity index (χ1v) is 12.4. The molecule has 5 rings (SSSR count). The Bertz CT molecular complexity index is 1550. The third-order valence-corrected chi connectivity index (χ3v) is 6.37. The van der Waals surface area contributed by atoms with E-state index in [2.05, 4.69) is 15.8 Å². The van der Waals surface area contributed by atoms with Gasteiger partial charge >= 0.3 is 0 Å². The summed E-state index contributed by atoms with van der Waals surface area (Å²) in [5, 5.41) is 17.5. The molecular weight excluding hydrogens is 506 g/mol. The smallest absolute Gasteiger partial charge is 0.291 e. The van der Waals surface area contributed by atoms with E-state index in [1.165, 1.54) is 12.1 Å². The lowest BCUT2D eigenvalue weighted by Gasteiger charge is -2.13. The van der Waals surface area contributed by atoms with Gasteiger partial charge in [0.25, 0.3) is 11.8 Å². The summed E-state index contributed by atoms with van der Waals surface area (Å²) in [5.41, 5.74) is 4.93. The molecule has 192 valence electrons. The highest BCUT2D eigenvalue weighted by Crippen LogP contribution is 2.34. The second kappa shape index (κ2) is 10.8. The van der Waals surface area contributed by atoms with Crippen molar-refractivity contribution in [3.8, 4) is 17.2 Å². The summed E-state index contributed by atoms with van der Waals surface area (Å²) in [6, 6.07) is 20.4. The predicted octanol–water partition coefficient (Wildman–Crippen LogP) is 6.46. The molecule has 1 aromatic heterocycles. The van der Waals surface area contributed by atoms with Gasteiger partial charge in [0.1, 0.15) is 17.3 Å². The number of hydrogen-bond donors (Lipinski definition) is 3. The Morgan fingerprint density at radius 2 is 1.76 bits per heavy atom. The molecule has 1 aliphatic rings. The van der Waals surface area contributed by atoms with E-state index < -0.39 is 11.8 Å². The fourth-order valence-electron chi connectivity index (χ4n) is 4.32. The Morgan fingerprint density at radius 3 is 2.55 bits per heavy atom. The van der Waals surface area contributed by atoms with Gasteiger partial charge in [-0.2, -0.15) is 5.10 Å². The lowest BCUT2D eigenvalue weighted by atomic mass is 9.93. The van der Waals surface area contributed by atoms with Crippen molar-refractivity contribution < 1.29 is 23.8 Å². The van der Waals surface area contributed by atoms with Crippen molar-refractivity contribution in [2.45, 2.75) is 26.2 Å². The van der Waals surface area contributed by atoms with E-state index in [4.69, 9.17) is 20.8 Å². The number of ether oxygens (including phenoxy) is 1. The first-order valence-electron chi connectivity index (χ1n) is 12.0. The van der Waals surface area contributed by atoms with Crippen LogP contribution in [0.25, 0.3) is 0 Å². The van der Waals surface area contributed by atoms with E-state index in [0.717, 1.165) is 6.42 Å². The molecule has 0 atom stereocenters. The third-order valence-electron chi connectivity index (χ3n) is 6.13. The first-order chi connectivity index (χ1) is 18.4. The summed E-state index contributed by atoms with van der Waals surface area (Å²) in [6.07, 6.45) is 1.98. The molecule has 2 amide bonds. The highest BCUT2D eigenvalue weighted by atomic mass is 35.5. The number of hydrogen-bond acceptors (Lipinski definition) is 6. The number of aryl methyl sites for hydroxylation is 1. The van der Waals surface area contributed by atoms with Gasteiger partial charge in [0.15, 0.2) is 11.5 Å². The fraction of sp³-hybridized carbons (Fsp3) is 0.138. The number of phenolic OH excluding ortho intramolecular Hbond substituents is 1. The number of benzene rings is 3. The Kier molecular flexibility index (Phi) is 7.15. The normalized spacial score (nSPS) is 13.6. The van der Waals surface area contributed by atoms with Gasteiger partial charge in [0.2, 0.25) is 0 Å². The van der Waals surface area contributed by atoms with Crippen molar-refractivity contribution in [3.63, 3.8) is 0 Å². The number of halogens is 1. The van der Waals surface area contributed by atoms with Crippen LogP contribution < -0.4 is 15.5 Å². The van der Waals surface area contributed by atoms with Crippen LogP contribution in [0.3, 0.4) is 0 Å². The maximum Gasteiger partial charge on any atom is 0.291 e. The molecule has 0 aliphatic heterocycles. The van der Waals surface area contributed by atoms with Crippen LogP contribution in [0.15, 0.2) is 82.3 Å². The van der Waals surface area contributed by atoms with E-state index >= 15 is 0 Å². The molecule has 0 radical (unpaired) electrons. The maximum absolute atomic E-state index is 13.3. The Hall–Kier alpha value is -4.56. The number of carbonyl (C=O) groups excluding carboxylic acids is 2. The number of carbonyl (C=O) groups is 2. The second-order valence-corrected chi connectivity index (χ2v) is 9.17. The van der Waals surface area contributed by atoms with Gasteiger partial charge in [-0.25, -0.2) is 5.43 Å². The van der Waals surface area contributed by atoms with E-state index in [1.54, 1.807) is 37.3 Å². The number of fused-ring (bicyclic) bond motifs is 1. The van der Waals surface area contributed by atoms with Crippen LogP contribution in [0.5, 0.6) is 17.2 Å². The highest BCUT2D eigenvalue weighted by molar-refractivity contribution is 6.31. The number of aromatic hydroxyl groups is 1. The van der Waals surface area contributed by atoms with Gasteiger partial charge in [-0.1, -0.05) is 41.9 Å². The minimum Gasteiger partial charge on any atom is -0.507 e. The number of amides is 2. The van der Waals surface area contributed by atoms with Gasteiger partial charge < -0.3 is 19.6 Å². The van der Waals surface area contributed by atoms with E-state index in [9.17, 15) is 14.7 Å². The van der Waals surface area contributed by atoms with Crippen molar-refractivity contribution in [2.24, 2.45) is 5.10 Å². The van der Waals surface area contributed by atoms with Gasteiger partial charge in [0.05, 0.1) is 17.0 Å². The number of para-hydroxylation sites is 2. The third kappa shape index (κ3) is 5.26. The fourth-order valence-corrected chi connectivity index (χ4v) is 4.50. The van der Waals surface area contributed by atoms with Crippen molar-refractivity contribution in [1.82, 2.24) is 5.43 Å². The zero-order chi connectivity index (χ0) is 26.6. The molecule has 38 heavy (non-hydrogen) atoms.